The number of carbonyl (C=O) groups is 1. The summed E-state index contributed by atoms with van der Waals surface area (Å²) >= 11 is 6.14. The molecule has 1 aromatic heterocycles. The Morgan fingerprint density at radius 1 is 1.20 bits per heavy atom. The SMILES string of the molecule is O=C(Cc1c[nH]c2ccccc12)N(Cc1c(F)cccc1Cl)C1CC1. The Hall–Kier alpha value is -2.33. The number of fused-ring (bicyclic) bond motifs is 1. The quantitative estimate of drug-likeness (QED) is 0.707. The molecule has 2 aromatic carbocycles. The molecule has 0 spiro atoms. The van der Waals surface area contributed by atoms with Crippen molar-refractivity contribution in [1.29, 1.82) is 0 Å². The molecular weight excluding hydrogens is 339 g/mol. The highest BCUT2D eigenvalue weighted by molar-refractivity contribution is 6.31. The lowest BCUT2D eigenvalue weighted by Crippen LogP contribution is -2.34. The number of carbonyl (C=O) groups excluding carboxylic acids is 1. The third kappa shape index (κ3) is 3.27. The normalized spacial score (nSPS) is 14.0. The lowest BCUT2D eigenvalue weighted by atomic mass is 10.1. The number of H-pyrrole nitrogens is 1. The van der Waals surface area contributed by atoms with Crippen LogP contribution in [0, 0.1) is 5.82 Å². The lowest BCUT2D eigenvalue weighted by Gasteiger charge is -2.23. The van der Waals surface area contributed by atoms with E-state index in [0.717, 1.165) is 29.3 Å². The predicted octanol–water partition coefficient (Wildman–Crippen LogP) is 4.69. The molecule has 1 fully saturated rings. The van der Waals surface area contributed by atoms with Gasteiger partial charge in [-0.05, 0) is 36.6 Å². The minimum Gasteiger partial charge on any atom is -0.361 e. The standard InChI is InChI=1S/C20H18ClFN2O/c21-17-5-3-6-18(22)16(17)12-24(14-8-9-14)20(25)10-13-11-23-19-7-2-1-4-15(13)19/h1-7,11,14,23H,8-10,12H2. The van der Waals surface area contributed by atoms with Gasteiger partial charge in [-0.3, -0.25) is 4.79 Å². The second-order valence-corrected chi connectivity index (χ2v) is 6.90. The zero-order valence-corrected chi connectivity index (χ0v) is 14.4. The lowest BCUT2D eigenvalue weighted by molar-refractivity contribution is -0.131. The van der Waals surface area contributed by atoms with Gasteiger partial charge < -0.3 is 9.88 Å². The van der Waals surface area contributed by atoms with E-state index < -0.39 is 0 Å². The van der Waals surface area contributed by atoms with E-state index in [0.29, 0.717) is 17.0 Å². The predicted molar refractivity (Wildman–Crippen MR) is 97.0 cm³/mol. The minimum absolute atomic E-state index is 0.00609. The molecule has 1 heterocycles. The average Bonchev–Trinajstić information content (AvgIpc) is 3.36. The summed E-state index contributed by atoms with van der Waals surface area (Å²) in [6.07, 6.45) is 4.10. The Kier molecular flexibility index (Phi) is 4.22. The van der Waals surface area contributed by atoms with E-state index in [1.54, 1.807) is 17.0 Å². The van der Waals surface area contributed by atoms with Crippen molar-refractivity contribution in [2.24, 2.45) is 0 Å². The van der Waals surface area contributed by atoms with Crippen molar-refractivity contribution < 1.29 is 9.18 Å². The van der Waals surface area contributed by atoms with Gasteiger partial charge in [-0.1, -0.05) is 35.9 Å². The summed E-state index contributed by atoms with van der Waals surface area (Å²) < 4.78 is 14.1. The van der Waals surface area contributed by atoms with Gasteiger partial charge in [-0.25, -0.2) is 4.39 Å². The molecule has 4 rings (SSSR count). The number of halogens is 2. The average molecular weight is 357 g/mol. The monoisotopic (exact) mass is 356 g/mol. The van der Waals surface area contributed by atoms with Crippen LogP contribution in [-0.2, 0) is 17.8 Å². The molecule has 0 unspecified atom stereocenters. The maximum absolute atomic E-state index is 14.1. The van der Waals surface area contributed by atoms with Gasteiger partial charge in [0.15, 0.2) is 0 Å². The number of aromatic nitrogens is 1. The Morgan fingerprint density at radius 2 is 2.00 bits per heavy atom. The topological polar surface area (TPSA) is 36.1 Å². The molecule has 1 amide bonds. The fourth-order valence-corrected chi connectivity index (χ4v) is 3.43. The van der Waals surface area contributed by atoms with Crippen molar-refractivity contribution in [3.8, 4) is 0 Å². The van der Waals surface area contributed by atoms with Gasteiger partial charge in [-0.2, -0.15) is 0 Å². The number of para-hydroxylation sites is 1. The van der Waals surface area contributed by atoms with E-state index in [1.807, 2.05) is 30.5 Å². The maximum atomic E-state index is 14.1. The fraction of sp³-hybridized carbons (Fsp3) is 0.250. The molecule has 1 aliphatic rings. The molecule has 5 heteroatoms. The van der Waals surface area contributed by atoms with Gasteiger partial charge in [0.1, 0.15) is 5.82 Å². The zero-order chi connectivity index (χ0) is 17.4. The molecule has 3 aromatic rings. The Bertz CT molecular complexity index is 912. The highest BCUT2D eigenvalue weighted by atomic mass is 35.5. The van der Waals surface area contributed by atoms with Crippen LogP contribution in [0.1, 0.15) is 24.0 Å². The van der Waals surface area contributed by atoms with Crippen LogP contribution in [0.15, 0.2) is 48.7 Å². The summed E-state index contributed by atoms with van der Waals surface area (Å²) in [5, 5.41) is 1.42. The smallest absolute Gasteiger partial charge is 0.227 e. The molecule has 0 bridgehead atoms. The number of aromatic amines is 1. The summed E-state index contributed by atoms with van der Waals surface area (Å²) in [6.45, 7) is 0.220. The third-order valence-electron chi connectivity index (χ3n) is 4.71. The van der Waals surface area contributed by atoms with Crippen molar-refractivity contribution in [1.82, 2.24) is 9.88 Å². The van der Waals surface area contributed by atoms with E-state index in [2.05, 4.69) is 4.98 Å². The molecule has 1 aliphatic carbocycles. The van der Waals surface area contributed by atoms with Crippen LogP contribution in [-0.4, -0.2) is 21.8 Å². The summed E-state index contributed by atoms with van der Waals surface area (Å²) in [4.78, 5) is 17.9. The summed E-state index contributed by atoms with van der Waals surface area (Å²) in [6, 6.07) is 12.7. The van der Waals surface area contributed by atoms with Crippen LogP contribution >= 0.6 is 11.6 Å². The number of hydrogen-bond acceptors (Lipinski definition) is 1. The van der Waals surface area contributed by atoms with E-state index in [9.17, 15) is 9.18 Å². The number of nitrogens with zero attached hydrogens (tertiary/aromatic N) is 1. The fourth-order valence-electron chi connectivity index (χ4n) is 3.20. The van der Waals surface area contributed by atoms with Gasteiger partial charge in [0, 0.05) is 33.7 Å². The van der Waals surface area contributed by atoms with Crippen molar-refractivity contribution in [3.63, 3.8) is 0 Å². The van der Waals surface area contributed by atoms with E-state index in [1.165, 1.54) is 6.07 Å². The molecule has 0 atom stereocenters. The largest absolute Gasteiger partial charge is 0.361 e. The van der Waals surface area contributed by atoms with E-state index >= 15 is 0 Å². The molecule has 0 saturated heterocycles. The number of rotatable bonds is 5. The van der Waals surface area contributed by atoms with E-state index in [-0.39, 0.29) is 24.3 Å². The summed E-state index contributed by atoms with van der Waals surface area (Å²) in [5.41, 5.74) is 2.37. The first kappa shape index (κ1) is 16.2. The van der Waals surface area contributed by atoms with Crippen LogP contribution in [0.2, 0.25) is 5.02 Å². The minimum atomic E-state index is -0.363. The van der Waals surface area contributed by atoms with Crippen LogP contribution < -0.4 is 0 Å². The molecule has 128 valence electrons. The number of amides is 1. The van der Waals surface area contributed by atoms with Crippen molar-refractivity contribution in [3.05, 3.63) is 70.6 Å². The Balaban J connectivity index is 1.58. The third-order valence-corrected chi connectivity index (χ3v) is 5.07. The first-order chi connectivity index (χ1) is 12.1. The highest BCUT2D eigenvalue weighted by Crippen LogP contribution is 2.31. The summed E-state index contributed by atoms with van der Waals surface area (Å²) in [7, 11) is 0. The van der Waals surface area contributed by atoms with E-state index in [4.69, 9.17) is 11.6 Å². The van der Waals surface area contributed by atoms with Crippen LogP contribution in [0.25, 0.3) is 10.9 Å². The number of nitrogens with one attached hydrogen (secondary N) is 1. The maximum Gasteiger partial charge on any atom is 0.227 e. The second-order valence-electron chi connectivity index (χ2n) is 6.49. The number of hydrogen-bond donors (Lipinski definition) is 1. The van der Waals surface area contributed by atoms with Gasteiger partial charge in [0.2, 0.25) is 5.91 Å². The second kappa shape index (κ2) is 6.52. The van der Waals surface area contributed by atoms with Crippen molar-refractivity contribution in [2.75, 3.05) is 0 Å². The first-order valence-electron chi connectivity index (χ1n) is 8.41. The molecule has 0 radical (unpaired) electrons. The molecule has 1 saturated carbocycles. The van der Waals surface area contributed by atoms with Crippen LogP contribution in [0.3, 0.4) is 0 Å². The zero-order valence-electron chi connectivity index (χ0n) is 13.6. The van der Waals surface area contributed by atoms with Gasteiger partial charge in [-0.15, -0.1) is 0 Å². The van der Waals surface area contributed by atoms with Crippen molar-refractivity contribution in [2.45, 2.75) is 31.8 Å². The molecule has 25 heavy (non-hydrogen) atoms. The van der Waals surface area contributed by atoms with Crippen LogP contribution in [0.4, 0.5) is 4.39 Å². The Morgan fingerprint density at radius 3 is 2.76 bits per heavy atom. The van der Waals surface area contributed by atoms with Crippen molar-refractivity contribution >= 4 is 28.4 Å². The highest BCUT2D eigenvalue weighted by Gasteiger charge is 2.33. The molecule has 3 nitrogen and oxygen atoms in total. The van der Waals surface area contributed by atoms with Gasteiger partial charge in [0.05, 0.1) is 13.0 Å². The molecular formula is C20H18ClFN2O. The number of benzene rings is 2. The van der Waals surface area contributed by atoms with Gasteiger partial charge in [0.25, 0.3) is 0 Å². The first-order valence-corrected chi connectivity index (χ1v) is 8.78. The molecule has 0 aliphatic heterocycles. The van der Waals surface area contributed by atoms with Crippen LogP contribution in [0.5, 0.6) is 0 Å². The van der Waals surface area contributed by atoms with Gasteiger partial charge >= 0.3 is 0 Å². The summed E-state index contributed by atoms with van der Waals surface area (Å²) in [5.74, 6) is -0.357. The Labute approximate surface area is 150 Å². The molecule has 1 N–H and O–H groups in total.